The molecule has 0 heterocycles. The summed E-state index contributed by atoms with van der Waals surface area (Å²) >= 11 is 2.96. The van der Waals surface area contributed by atoms with Crippen LogP contribution in [0.1, 0.15) is 6.42 Å². The van der Waals surface area contributed by atoms with Crippen LogP contribution in [-0.4, -0.2) is 26.7 Å². The molecule has 1 rings (SSSR count). The Hall–Kier alpha value is -0.700. The van der Waals surface area contributed by atoms with Crippen molar-refractivity contribution in [2.75, 3.05) is 18.9 Å². The van der Waals surface area contributed by atoms with Gasteiger partial charge >= 0.3 is 0 Å². The summed E-state index contributed by atoms with van der Waals surface area (Å²) in [5, 5.41) is 8.56. The first-order valence-corrected chi connectivity index (χ1v) is 7.01. The van der Waals surface area contributed by atoms with E-state index in [1.165, 1.54) is 0 Å². The van der Waals surface area contributed by atoms with E-state index >= 15 is 0 Å². The first-order valence-electron chi connectivity index (χ1n) is 4.73. The predicted molar refractivity (Wildman–Crippen MR) is 65.4 cm³/mol. The highest BCUT2D eigenvalue weighted by molar-refractivity contribution is 9.10. The van der Waals surface area contributed by atoms with Crippen LogP contribution < -0.4 is 10.5 Å². The average molecular weight is 327 g/mol. The maximum absolute atomic E-state index is 13.1. The van der Waals surface area contributed by atoms with E-state index in [-0.39, 0.29) is 28.2 Å². The molecule has 0 bridgehead atoms. The van der Waals surface area contributed by atoms with E-state index in [4.69, 9.17) is 10.8 Å². The van der Waals surface area contributed by atoms with E-state index in [0.29, 0.717) is 6.42 Å². The molecule has 0 unspecified atom stereocenters. The quantitative estimate of drug-likeness (QED) is 0.552. The van der Waals surface area contributed by atoms with Gasteiger partial charge in [-0.05, 0) is 34.5 Å². The second-order valence-corrected chi connectivity index (χ2v) is 5.87. The van der Waals surface area contributed by atoms with Gasteiger partial charge in [-0.3, -0.25) is 0 Å². The fraction of sp³-hybridized carbons (Fsp3) is 0.333. The van der Waals surface area contributed by atoms with Crippen molar-refractivity contribution < 1.29 is 17.9 Å². The molecule has 1 aromatic rings. The molecule has 0 aliphatic carbocycles. The van der Waals surface area contributed by atoms with Crippen LogP contribution in [0.4, 0.5) is 10.1 Å². The van der Waals surface area contributed by atoms with Crippen LogP contribution in [0.5, 0.6) is 0 Å². The summed E-state index contributed by atoms with van der Waals surface area (Å²) in [7, 11) is -3.76. The highest BCUT2D eigenvalue weighted by Crippen LogP contribution is 2.26. The first kappa shape index (κ1) is 14.4. The molecular weight excluding hydrogens is 315 g/mol. The molecule has 0 spiro atoms. The van der Waals surface area contributed by atoms with Crippen LogP contribution in [0.25, 0.3) is 0 Å². The summed E-state index contributed by atoms with van der Waals surface area (Å²) in [4.78, 5) is -0.130. The van der Waals surface area contributed by atoms with E-state index in [1.54, 1.807) is 0 Å². The molecule has 0 atom stereocenters. The standard InChI is InChI=1S/C9H12BrFN2O3S/c10-6-4-7(11)8(12)5-9(6)17(15,16)13-2-1-3-14/h4-5,13-14H,1-3,12H2. The summed E-state index contributed by atoms with van der Waals surface area (Å²) in [6.45, 7) is -0.0161. The van der Waals surface area contributed by atoms with Crippen molar-refractivity contribution in [1.82, 2.24) is 4.72 Å². The zero-order chi connectivity index (χ0) is 13.1. The molecule has 5 nitrogen and oxygen atoms in total. The Morgan fingerprint density at radius 1 is 1.47 bits per heavy atom. The van der Waals surface area contributed by atoms with E-state index < -0.39 is 15.8 Å². The van der Waals surface area contributed by atoms with E-state index in [9.17, 15) is 12.8 Å². The Balaban J connectivity index is 3.03. The fourth-order valence-corrected chi connectivity index (χ4v) is 3.24. The molecule has 0 aromatic heterocycles. The van der Waals surface area contributed by atoms with E-state index in [2.05, 4.69) is 20.7 Å². The highest BCUT2D eigenvalue weighted by Gasteiger charge is 2.19. The Bertz CT molecular complexity index is 507. The fourth-order valence-electron chi connectivity index (χ4n) is 1.11. The van der Waals surface area contributed by atoms with Crippen molar-refractivity contribution in [2.24, 2.45) is 0 Å². The normalized spacial score (nSPS) is 11.7. The summed E-state index contributed by atoms with van der Waals surface area (Å²) < 4.78 is 39.0. The number of nitrogens with two attached hydrogens (primary N) is 1. The van der Waals surface area contributed by atoms with Gasteiger partial charge in [0.15, 0.2) is 0 Å². The second-order valence-electron chi connectivity index (χ2n) is 3.28. The van der Waals surface area contributed by atoms with Gasteiger partial charge in [0, 0.05) is 17.6 Å². The lowest BCUT2D eigenvalue weighted by Gasteiger charge is -2.09. The number of aliphatic hydroxyl groups excluding tert-OH is 1. The van der Waals surface area contributed by atoms with Crippen LogP contribution in [0, 0.1) is 5.82 Å². The smallest absolute Gasteiger partial charge is 0.241 e. The van der Waals surface area contributed by atoms with Gasteiger partial charge in [-0.15, -0.1) is 0 Å². The Morgan fingerprint density at radius 2 is 2.12 bits per heavy atom. The number of benzene rings is 1. The van der Waals surface area contributed by atoms with Gasteiger partial charge in [-0.25, -0.2) is 17.5 Å². The summed E-state index contributed by atoms with van der Waals surface area (Å²) in [6, 6.07) is 2.04. The van der Waals surface area contributed by atoms with Gasteiger partial charge in [0.25, 0.3) is 0 Å². The minimum absolute atomic E-state index is 0.0979. The zero-order valence-electron chi connectivity index (χ0n) is 8.78. The predicted octanol–water partition coefficient (Wildman–Crippen LogP) is 0.831. The number of aliphatic hydroxyl groups is 1. The van der Waals surface area contributed by atoms with Crippen molar-refractivity contribution in [3.05, 3.63) is 22.4 Å². The number of rotatable bonds is 5. The van der Waals surface area contributed by atoms with Gasteiger partial charge < -0.3 is 10.8 Å². The van der Waals surface area contributed by atoms with Gasteiger partial charge in [0.05, 0.1) is 10.6 Å². The summed E-state index contributed by atoms with van der Waals surface area (Å²) in [6.07, 6.45) is 0.299. The van der Waals surface area contributed by atoms with E-state index in [0.717, 1.165) is 12.1 Å². The number of nitrogens with one attached hydrogen (secondary N) is 1. The van der Waals surface area contributed by atoms with Crippen molar-refractivity contribution in [3.8, 4) is 0 Å². The van der Waals surface area contributed by atoms with Crippen LogP contribution in [0.2, 0.25) is 0 Å². The molecule has 96 valence electrons. The largest absolute Gasteiger partial charge is 0.396 e. The SMILES string of the molecule is Nc1cc(S(=O)(=O)NCCCO)c(Br)cc1F. The molecule has 0 aliphatic heterocycles. The van der Waals surface area contributed by atoms with Gasteiger partial charge in [0.2, 0.25) is 10.0 Å². The highest BCUT2D eigenvalue weighted by atomic mass is 79.9. The van der Waals surface area contributed by atoms with Gasteiger partial charge in [0.1, 0.15) is 5.82 Å². The number of nitrogen functional groups attached to an aromatic ring is 1. The average Bonchev–Trinajstić information content (AvgIpc) is 2.23. The van der Waals surface area contributed by atoms with Crippen LogP contribution in [0.15, 0.2) is 21.5 Å². The van der Waals surface area contributed by atoms with Crippen molar-refractivity contribution >= 4 is 31.6 Å². The monoisotopic (exact) mass is 326 g/mol. The number of anilines is 1. The number of halogens is 2. The van der Waals surface area contributed by atoms with Crippen molar-refractivity contribution in [2.45, 2.75) is 11.3 Å². The van der Waals surface area contributed by atoms with Crippen molar-refractivity contribution in [1.29, 1.82) is 0 Å². The molecule has 8 heteroatoms. The lowest BCUT2D eigenvalue weighted by molar-refractivity contribution is 0.289. The molecular formula is C9H12BrFN2O3S. The second kappa shape index (κ2) is 5.76. The van der Waals surface area contributed by atoms with Gasteiger partial charge in [-0.2, -0.15) is 0 Å². The molecule has 0 saturated carbocycles. The lowest BCUT2D eigenvalue weighted by atomic mass is 10.3. The molecule has 0 amide bonds. The third kappa shape index (κ3) is 3.63. The van der Waals surface area contributed by atoms with Gasteiger partial charge in [-0.1, -0.05) is 0 Å². The topological polar surface area (TPSA) is 92.4 Å². The molecule has 4 N–H and O–H groups in total. The Labute approximate surface area is 107 Å². The Morgan fingerprint density at radius 3 is 2.71 bits per heavy atom. The molecule has 17 heavy (non-hydrogen) atoms. The molecule has 0 fully saturated rings. The summed E-state index contributed by atoms with van der Waals surface area (Å²) in [5.74, 6) is -0.689. The molecule has 0 saturated heterocycles. The maximum Gasteiger partial charge on any atom is 0.241 e. The van der Waals surface area contributed by atoms with Crippen LogP contribution >= 0.6 is 15.9 Å². The molecule has 0 aliphatic rings. The number of sulfonamides is 1. The number of hydrogen-bond donors (Lipinski definition) is 3. The van der Waals surface area contributed by atoms with Crippen molar-refractivity contribution in [3.63, 3.8) is 0 Å². The third-order valence-electron chi connectivity index (χ3n) is 1.97. The van der Waals surface area contributed by atoms with E-state index in [1.807, 2.05) is 0 Å². The zero-order valence-corrected chi connectivity index (χ0v) is 11.2. The first-order chi connectivity index (χ1) is 7.88. The van der Waals surface area contributed by atoms with Crippen LogP contribution in [-0.2, 0) is 10.0 Å². The minimum Gasteiger partial charge on any atom is -0.396 e. The van der Waals surface area contributed by atoms with Crippen LogP contribution in [0.3, 0.4) is 0 Å². The maximum atomic E-state index is 13.1. The number of hydrogen-bond acceptors (Lipinski definition) is 4. The Kier molecular flexibility index (Phi) is 4.87. The third-order valence-corrected chi connectivity index (χ3v) is 4.39. The minimum atomic E-state index is -3.76. The summed E-state index contributed by atoms with van der Waals surface area (Å²) in [5.41, 5.74) is 5.07. The lowest BCUT2D eigenvalue weighted by Crippen LogP contribution is -2.25. The molecule has 0 radical (unpaired) electrons. The molecule has 1 aromatic carbocycles.